The molecular weight excluding hydrogens is 472 g/mol. The van der Waals surface area contributed by atoms with Crippen LogP contribution >= 0.6 is 0 Å². The number of hydrogen-bond acceptors (Lipinski definition) is 10. The molecule has 0 saturated carbocycles. The van der Waals surface area contributed by atoms with Crippen LogP contribution in [0.1, 0.15) is 67.2 Å². The largest absolute Gasteiger partial charge is 0.468 e. The highest BCUT2D eigenvalue weighted by molar-refractivity contribution is 5.79. The molecule has 36 heavy (non-hydrogen) atoms. The van der Waals surface area contributed by atoms with Crippen LogP contribution in [0.4, 0.5) is 9.59 Å². The fourth-order valence-corrected chi connectivity index (χ4v) is 3.75. The van der Waals surface area contributed by atoms with Gasteiger partial charge in [-0.2, -0.15) is 0 Å². The van der Waals surface area contributed by atoms with Crippen molar-refractivity contribution < 1.29 is 38.1 Å². The standard InChI is InChI=1S/2C12H22N2O4/c2*1-12(2,3)18-11(16)14-8-6-5-7-13-9(8)10(15)17-4/h2*8-9,13H,5-7H2,1-4H3,(H,14,16)/t2*8-,9+/m10/s1. The van der Waals surface area contributed by atoms with Crippen molar-refractivity contribution in [1.82, 2.24) is 21.3 Å². The number of carbonyl (C=O) groups excluding carboxylic acids is 4. The molecule has 12 heteroatoms. The average Bonchev–Trinajstić information content (AvgIpc) is 2.76. The van der Waals surface area contributed by atoms with Gasteiger partial charge in [0.2, 0.25) is 0 Å². The number of alkyl carbamates (subject to hydrolysis) is 2. The fourth-order valence-electron chi connectivity index (χ4n) is 3.75. The van der Waals surface area contributed by atoms with Crippen molar-refractivity contribution in [3.63, 3.8) is 0 Å². The molecule has 2 heterocycles. The van der Waals surface area contributed by atoms with Gasteiger partial charge in [0.05, 0.1) is 26.3 Å². The molecule has 4 atom stereocenters. The van der Waals surface area contributed by atoms with E-state index in [0.717, 1.165) is 38.8 Å². The lowest BCUT2D eigenvalue weighted by Gasteiger charge is -2.31. The van der Waals surface area contributed by atoms with Crippen LogP contribution in [0.5, 0.6) is 0 Å². The van der Waals surface area contributed by atoms with Gasteiger partial charge < -0.3 is 40.2 Å². The number of amides is 2. The van der Waals surface area contributed by atoms with Gasteiger partial charge in [0.15, 0.2) is 0 Å². The van der Waals surface area contributed by atoms with Crippen molar-refractivity contribution in [3.05, 3.63) is 0 Å². The second-order valence-electron chi connectivity index (χ2n) is 10.7. The first-order valence-corrected chi connectivity index (χ1v) is 12.3. The summed E-state index contributed by atoms with van der Waals surface area (Å²) < 4.78 is 19.8. The van der Waals surface area contributed by atoms with E-state index in [4.69, 9.17) is 18.9 Å². The summed E-state index contributed by atoms with van der Waals surface area (Å²) in [5, 5.41) is 11.5. The van der Waals surface area contributed by atoms with Crippen molar-refractivity contribution in [3.8, 4) is 0 Å². The molecule has 2 saturated heterocycles. The summed E-state index contributed by atoms with van der Waals surface area (Å²) in [6.45, 7) is 12.3. The molecule has 0 aromatic rings. The van der Waals surface area contributed by atoms with Crippen LogP contribution in [-0.4, -0.2) is 86.8 Å². The Morgan fingerprint density at radius 1 is 0.667 bits per heavy atom. The van der Waals surface area contributed by atoms with Crippen LogP contribution in [0.15, 0.2) is 0 Å². The maximum absolute atomic E-state index is 11.7. The van der Waals surface area contributed by atoms with E-state index in [0.29, 0.717) is 0 Å². The van der Waals surface area contributed by atoms with E-state index in [2.05, 4.69) is 21.3 Å². The van der Waals surface area contributed by atoms with Crippen molar-refractivity contribution in [1.29, 1.82) is 0 Å². The molecule has 2 aliphatic rings. The molecule has 0 aliphatic carbocycles. The SMILES string of the molecule is COC(=O)[C@@H]1NCCC[C@@H]1NC(=O)OC(C)(C)C.COC(=O)[C@H]1NCCC[C@H]1NC(=O)OC(C)(C)C. The number of nitrogens with one attached hydrogen (secondary N) is 4. The molecule has 0 radical (unpaired) electrons. The quantitative estimate of drug-likeness (QED) is 0.320. The predicted molar refractivity (Wildman–Crippen MR) is 132 cm³/mol. The third-order valence-electron chi connectivity index (χ3n) is 5.23. The van der Waals surface area contributed by atoms with Crippen molar-refractivity contribution in [2.24, 2.45) is 0 Å². The minimum absolute atomic E-state index is 0.291. The highest BCUT2D eigenvalue weighted by atomic mass is 16.6. The lowest BCUT2D eigenvalue weighted by Crippen LogP contribution is -2.57. The summed E-state index contributed by atoms with van der Waals surface area (Å²) in [7, 11) is 2.67. The molecule has 208 valence electrons. The van der Waals surface area contributed by atoms with Gasteiger partial charge in [-0.1, -0.05) is 0 Å². The van der Waals surface area contributed by atoms with E-state index < -0.39 is 35.5 Å². The molecule has 0 aromatic carbocycles. The van der Waals surface area contributed by atoms with Crippen LogP contribution in [-0.2, 0) is 28.5 Å². The van der Waals surface area contributed by atoms with Crippen molar-refractivity contribution >= 4 is 24.1 Å². The number of carbonyl (C=O) groups is 4. The number of piperidine rings is 2. The van der Waals surface area contributed by atoms with Gasteiger partial charge in [0.25, 0.3) is 0 Å². The number of methoxy groups -OCH3 is 2. The zero-order valence-electron chi connectivity index (χ0n) is 22.8. The molecule has 4 N–H and O–H groups in total. The minimum atomic E-state index is -0.549. The van der Waals surface area contributed by atoms with E-state index in [-0.39, 0.29) is 24.0 Å². The Morgan fingerprint density at radius 3 is 1.28 bits per heavy atom. The molecule has 0 unspecified atom stereocenters. The Hall–Kier alpha value is -2.60. The second kappa shape index (κ2) is 14.2. The molecule has 0 bridgehead atoms. The molecule has 2 aliphatic heterocycles. The van der Waals surface area contributed by atoms with Gasteiger partial charge in [-0.3, -0.25) is 9.59 Å². The van der Waals surface area contributed by atoms with Crippen LogP contribution in [0.3, 0.4) is 0 Å². The van der Waals surface area contributed by atoms with Crippen LogP contribution in [0, 0.1) is 0 Å². The van der Waals surface area contributed by atoms with Crippen LogP contribution in [0.25, 0.3) is 0 Å². The summed E-state index contributed by atoms with van der Waals surface area (Å²) in [5.41, 5.74) is -1.10. The monoisotopic (exact) mass is 516 g/mol. The normalized spacial score (nSPS) is 24.2. The van der Waals surface area contributed by atoms with Crippen molar-refractivity contribution in [2.75, 3.05) is 27.3 Å². The smallest absolute Gasteiger partial charge is 0.407 e. The lowest BCUT2D eigenvalue weighted by atomic mass is 9.99. The summed E-state index contributed by atoms with van der Waals surface area (Å²) >= 11 is 0. The molecule has 2 amide bonds. The maximum Gasteiger partial charge on any atom is 0.407 e. The van der Waals surface area contributed by atoms with Crippen LogP contribution in [0.2, 0.25) is 0 Å². The molecule has 0 aromatic heterocycles. The highest BCUT2D eigenvalue weighted by Crippen LogP contribution is 2.14. The zero-order chi connectivity index (χ0) is 27.5. The van der Waals surface area contributed by atoms with Gasteiger partial charge in [0.1, 0.15) is 23.3 Å². The van der Waals surface area contributed by atoms with Gasteiger partial charge in [-0.15, -0.1) is 0 Å². The third kappa shape index (κ3) is 11.9. The van der Waals surface area contributed by atoms with E-state index in [1.165, 1.54) is 14.2 Å². The number of ether oxygens (including phenoxy) is 4. The van der Waals surface area contributed by atoms with E-state index in [1.54, 1.807) is 41.5 Å². The van der Waals surface area contributed by atoms with E-state index in [1.807, 2.05) is 0 Å². The molecule has 2 fully saturated rings. The molecular formula is C24H44N4O8. The minimum Gasteiger partial charge on any atom is -0.468 e. The van der Waals surface area contributed by atoms with Gasteiger partial charge in [-0.25, -0.2) is 9.59 Å². The fraction of sp³-hybridized carbons (Fsp3) is 0.833. The first-order valence-electron chi connectivity index (χ1n) is 12.3. The molecule has 12 nitrogen and oxygen atoms in total. The Morgan fingerprint density at radius 2 is 1.00 bits per heavy atom. The summed E-state index contributed by atoms with van der Waals surface area (Å²) in [4.78, 5) is 46.5. The summed E-state index contributed by atoms with van der Waals surface area (Å²) in [5.74, 6) is -0.730. The summed E-state index contributed by atoms with van der Waals surface area (Å²) in [6.07, 6.45) is 2.23. The van der Waals surface area contributed by atoms with Gasteiger partial charge in [-0.05, 0) is 80.3 Å². The van der Waals surface area contributed by atoms with Crippen molar-refractivity contribution in [2.45, 2.75) is 103 Å². The zero-order valence-corrected chi connectivity index (χ0v) is 22.8. The molecule has 2 rings (SSSR count). The number of hydrogen-bond donors (Lipinski definition) is 4. The van der Waals surface area contributed by atoms with E-state index >= 15 is 0 Å². The first kappa shape index (κ1) is 31.4. The first-order chi connectivity index (χ1) is 16.7. The van der Waals surface area contributed by atoms with E-state index in [9.17, 15) is 19.2 Å². The predicted octanol–water partition coefficient (Wildman–Crippen LogP) is 1.61. The number of esters is 2. The Labute approximate surface area is 213 Å². The maximum atomic E-state index is 11.7. The molecule has 0 spiro atoms. The Bertz CT molecular complexity index is 685. The Balaban J connectivity index is 0.000000360. The lowest BCUT2D eigenvalue weighted by molar-refractivity contribution is -0.145. The highest BCUT2D eigenvalue weighted by Gasteiger charge is 2.34. The Kier molecular flexibility index (Phi) is 12.4. The van der Waals surface area contributed by atoms with Crippen LogP contribution < -0.4 is 21.3 Å². The second-order valence-corrected chi connectivity index (χ2v) is 10.7. The van der Waals surface area contributed by atoms with Gasteiger partial charge >= 0.3 is 24.1 Å². The third-order valence-corrected chi connectivity index (χ3v) is 5.23. The summed E-state index contributed by atoms with van der Waals surface area (Å²) in [6, 6.07) is -1.59. The van der Waals surface area contributed by atoms with Gasteiger partial charge in [0, 0.05) is 0 Å². The average molecular weight is 517 g/mol. The topological polar surface area (TPSA) is 153 Å². The number of rotatable bonds is 4.